The monoisotopic (exact) mass is 294 g/mol. The number of pyridine rings is 1. The number of aryl methyl sites for hydroxylation is 2. The van der Waals surface area contributed by atoms with Gasteiger partial charge in [-0.25, -0.2) is 0 Å². The van der Waals surface area contributed by atoms with Crippen molar-refractivity contribution in [3.05, 3.63) is 64.5 Å². The Hall–Kier alpha value is -2.16. The zero-order valence-corrected chi connectivity index (χ0v) is 13.5. The van der Waals surface area contributed by atoms with Crippen LogP contribution >= 0.6 is 0 Å². The summed E-state index contributed by atoms with van der Waals surface area (Å²) in [7, 11) is 0. The number of benzene rings is 1. The SMILES string of the molecule is CCc1cc(C(=O)N2CCc3ccccc3[C@H]2C)cnc1C. The second kappa shape index (κ2) is 5.91. The molecular weight excluding hydrogens is 272 g/mol. The molecule has 0 spiro atoms. The first-order valence-corrected chi connectivity index (χ1v) is 7.96. The summed E-state index contributed by atoms with van der Waals surface area (Å²) >= 11 is 0. The van der Waals surface area contributed by atoms with Crippen LogP contribution in [0.1, 0.15) is 52.6 Å². The van der Waals surface area contributed by atoms with E-state index in [1.54, 1.807) is 6.20 Å². The van der Waals surface area contributed by atoms with Crippen molar-refractivity contribution in [2.24, 2.45) is 0 Å². The summed E-state index contributed by atoms with van der Waals surface area (Å²) in [6, 6.07) is 10.5. The summed E-state index contributed by atoms with van der Waals surface area (Å²) in [5.74, 6) is 0.0872. The molecule has 1 atom stereocenters. The summed E-state index contributed by atoms with van der Waals surface area (Å²) in [5.41, 5.74) is 5.48. The molecule has 22 heavy (non-hydrogen) atoms. The van der Waals surface area contributed by atoms with Crippen LogP contribution in [0.25, 0.3) is 0 Å². The molecule has 114 valence electrons. The largest absolute Gasteiger partial charge is 0.331 e. The molecule has 3 nitrogen and oxygen atoms in total. The molecule has 3 heteroatoms. The van der Waals surface area contributed by atoms with Gasteiger partial charge in [0.15, 0.2) is 0 Å². The van der Waals surface area contributed by atoms with E-state index in [9.17, 15) is 4.79 Å². The first-order chi connectivity index (χ1) is 10.6. The van der Waals surface area contributed by atoms with Gasteiger partial charge in [-0.05, 0) is 49.4 Å². The molecule has 0 fully saturated rings. The van der Waals surface area contributed by atoms with Gasteiger partial charge in [0.2, 0.25) is 0 Å². The van der Waals surface area contributed by atoms with E-state index >= 15 is 0 Å². The Morgan fingerprint density at radius 1 is 1.36 bits per heavy atom. The first kappa shape index (κ1) is 14.8. The average molecular weight is 294 g/mol. The van der Waals surface area contributed by atoms with Crippen molar-refractivity contribution in [2.75, 3.05) is 6.54 Å². The molecule has 1 aliphatic rings. The molecule has 0 saturated heterocycles. The highest BCUT2D eigenvalue weighted by molar-refractivity contribution is 5.94. The summed E-state index contributed by atoms with van der Waals surface area (Å²) in [6.45, 7) is 6.97. The fourth-order valence-corrected chi connectivity index (χ4v) is 3.27. The number of carbonyl (C=O) groups is 1. The lowest BCUT2D eigenvalue weighted by Crippen LogP contribution is -2.38. The van der Waals surface area contributed by atoms with Gasteiger partial charge >= 0.3 is 0 Å². The van der Waals surface area contributed by atoms with Gasteiger partial charge in [0, 0.05) is 18.4 Å². The second-order valence-corrected chi connectivity index (χ2v) is 5.95. The molecule has 1 aromatic carbocycles. The van der Waals surface area contributed by atoms with Crippen molar-refractivity contribution in [2.45, 2.75) is 39.7 Å². The lowest BCUT2D eigenvalue weighted by Gasteiger charge is -2.35. The van der Waals surface area contributed by atoms with Gasteiger partial charge < -0.3 is 4.90 Å². The van der Waals surface area contributed by atoms with Crippen molar-refractivity contribution < 1.29 is 4.79 Å². The fourth-order valence-electron chi connectivity index (χ4n) is 3.27. The van der Waals surface area contributed by atoms with Crippen LogP contribution in [0.15, 0.2) is 36.5 Å². The Morgan fingerprint density at radius 3 is 2.91 bits per heavy atom. The van der Waals surface area contributed by atoms with E-state index in [2.05, 4.69) is 37.0 Å². The van der Waals surface area contributed by atoms with Crippen LogP contribution < -0.4 is 0 Å². The molecule has 0 unspecified atom stereocenters. The highest BCUT2D eigenvalue weighted by Gasteiger charge is 2.28. The number of fused-ring (bicyclic) bond motifs is 1. The summed E-state index contributed by atoms with van der Waals surface area (Å²) in [6.07, 6.45) is 3.54. The van der Waals surface area contributed by atoms with Crippen molar-refractivity contribution in [3.63, 3.8) is 0 Å². The quantitative estimate of drug-likeness (QED) is 0.846. The zero-order valence-electron chi connectivity index (χ0n) is 13.5. The summed E-state index contributed by atoms with van der Waals surface area (Å²) < 4.78 is 0. The molecule has 0 bridgehead atoms. The minimum atomic E-state index is 0.0872. The Morgan fingerprint density at radius 2 is 2.14 bits per heavy atom. The summed E-state index contributed by atoms with van der Waals surface area (Å²) in [5, 5.41) is 0. The number of amides is 1. The number of rotatable bonds is 2. The van der Waals surface area contributed by atoms with Crippen molar-refractivity contribution in [1.82, 2.24) is 9.88 Å². The Bertz CT molecular complexity index is 708. The summed E-state index contributed by atoms with van der Waals surface area (Å²) in [4.78, 5) is 19.2. The smallest absolute Gasteiger partial charge is 0.255 e. The molecule has 1 amide bonds. The molecule has 0 N–H and O–H groups in total. The number of nitrogens with zero attached hydrogens (tertiary/aromatic N) is 2. The molecule has 0 aliphatic carbocycles. The molecule has 1 aliphatic heterocycles. The first-order valence-electron chi connectivity index (χ1n) is 7.96. The molecule has 0 saturated carbocycles. The third kappa shape index (κ3) is 2.52. The highest BCUT2D eigenvalue weighted by Crippen LogP contribution is 2.30. The third-order valence-electron chi connectivity index (χ3n) is 4.68. The Balaban J connectivity index is 1.90. The van der Waals surface area contributed by atoms with E-state index in [1.807, 2.05) is 24.0 Å². The lowest BCUT2D eigenvalue weighted by atomic mass is 9.93. The lowest BCUT2D eigenvalue weighted by molar-refractivity contribution is 0.0677. The van der Waals surface area contributed by atoms with Gasteiger partial charge in [0.25, 0.3) is 5.91 Å². The van der Waals surface area contributed by atoms with Crippen LogP contribution in [0.2, 0.25) is 0 Å². The van der Waals surface area contributed by atoms with Gasteiger partial charge in [0.05, 0.1) is 11.6 Å². The van der Waals surface area contributed by atoms with Gasteiger partial charge in [0.1, 0.15) is 0 Å². The number of aromatic nitrogens is 1. The maximum absolute atomic E-state index is 12.9. The van der Waals surface area contributed by atoms with Crippen LogP contribution in [0.5, 0.6) is 0 Å². The van der Waals surface area contributed by atoms with E-state index < -0.39 is 0 Å². The number of carbonyl (C=O) groups excluding carboxylic acids is 1. The predicted octanol–water partition coefficient (Wildman–Crippen LogP) is 3.71. The van der Waals surface area contributed by atoms with Gasteiger partial charge in [-0.15, -0.1) is 0 Å². The highest BCUT2D eigenvalue weighted by atomic mass is 16.2. The maximum Gasteiger partial charge on any atom is 0.255 e. The van der Waals surface area contributed by atoms with E-state index in [1.165, 1.54) is 11.1 Å². The number of hydrogen-bond donors (Lipinski definition) is 0. The Kier molecular flexibility index (Phi) is 3.97. The minimum absolute atomic E-state index is 0.0872. The van der Waals surface area contributed by atoms with E-state index in [0.29, 0.717) is 5.56 Å². The van der Waals surface area contributed by atoms with Crippen LogP contribution in [0.3, 0.4) is 0 Å². The third-order valence-corrected chi connectivity index (χ3v) is 4.68. The van der Waals surface area contributed by atoms with Gasteiger partial charge in [-0.3, -0.25) is 9.78 Å². The normalized spacial score (nSPS) is 17.2. The number of hydrogen-bond acceptors (Lipinski definition) is 2. The van der Waals surface area contributed by atoms with Gasteiger partial charge in [-0.1, -0.05) is 31.2 Å². The molecule has 0 radical (unpaired) electrons. The average Bonchev–Trinajstić information content (AvgIpc) is 2.55. The van der Waals surface area contributed by atoms with E-state index in [0.717, 1.165) is 30.6 Å². The van der Waals surface area contributed by atoms with E-state index in [-0.39, 0.29) is 11.9 Å². The zero-order chi connectivity index (χ0) is 15.7. The van der Waals surface area contributed by atoms with Crippen LogP contribution in [-0.2, 0) is 12.8 Å². The fraction of sp³-hybridized carbons (Fsp3) is 0.368. The molecule has 3 rings (SSSR count). The van der Waals surface area contributed by atoms with Crippen LogP contribution in [0, 0.1) is 6.92 Å². The topological polar surface area (TPSA) is 33.2 Å². The predicted molar refractivity (Wildman–Crippen MR) is 87.9 cm³/mol. The van der Waals surface area contributed by atoms with Gasteiger partial charge in [-0.2, -0.15) is 0 Å². The minimum Gasteiger partial charge on any atom is -0.331 e. The molecule has 2 aromatic rings. The molecule has 2 heterocycles. The standard InChI is InChI=1S/C19H22N2O/c1-4-15-11-17(12-20-13(15)2)19(22)21-10-9-16-7-5-6-8-18(16)14(21)3/h5-8,11-12,14H,4,9-10H2,1-3H3/t14-/m1/s1. The molecular formula is C19H22N2O. The maximum atomic E-state index is 12.9. The van der Waals surface area contributed by atoms with Crippen molar-refractivity contribution in [1.29, 1.82) is 0 Å². The Labute approximate surface area is 132 Å². The van der Waals surface area contributed by atoms with Crippen LogP contribution in [-0.4, -0.2) is 22.3 Å². The van der Waals surface area contributed by atoms with E-state index in [4.69, 9.17) is 0 Å². The second-order valence-electron chi connectivity index (χ2n) is 5.95. The van der Waals surface area contributed by atoms with Crippen molar-refractivity contribution in [3.8, 4) is 0 Å². The van der Waals surface area contributed by atoms with Crippen LogP contribution in [0.4, 0.5) is 0 Å². The molecule has 1 aromatic heterocycles. The van der Waals surface area contributed by atoms with Crippen molar-refractivity contribution >= 4 is 5.91 Å².